The standard InChI is InChI=1S/C23H17F3N4O4/c1-11-16(21-28-18-14(33-3)8-5-9-15(18)34-21)22(31)30-20(27-11)17(19(29-30)23(24,25)26)12-6-4-7-13(10-12)32-2/h4-10,27H,1-3H3. The zero-order valence-electron chi connectivity index (χ0n) is 18.1. The molecule has 174 valence electrons. The summed E-state index contributed by atoms with van der Waals surface area (Å²) in [5.41, 5.74) is -1.23. The maximum absolute atomic E-state index is 14.0. The van der Waals surface area contributed by atoms with E-state index in [1.807, 2.05) is 0 Å². The number of rotatable bonds is 4. The molecule has 0 saturated heterocycles. The van der Waals surface area contributed by atoms with Crippen molar-refractivity contribution in [1.82, 2.24) is 19.6 Å². The van der Waals surface area contributed by atoms with Gasteiger partial charge in [0.25, 0.3) is 5.56 Å². The average molecular weight is 470 g/mol. The van der Waals surface area contributed by atoms with Crippen molar-refractivity contribution >= 4 is 16.7 Å². The third-order valence-electron chi connectivity index (χ3n) is 5.42. The summed E-state index contributed by atoms with van der Waals surface area (Å²) in [6.45, 7) is 1.55. The fourth-order valence-electron chi connectivity index (χ4n) is 3.88. The highest BCUT2D eigenvalue weighted by molar-refractivity contribution is 5.84. The number of para-hydroxylation sites is 1. The Morgan fingerprint density at radius 3 is 2.53 bits per heavy atom. The number of nitrogens with zero attached hydrogens (tertiary/aromatic N) is 3. The molecular formula is C23H17F3N4O4. The van der Waals surface area contributed by atoms with E-state index in [0.717, 1.165) is 0 Å². The lowest BCUT2D eigenvalue weighted by Gasteiger charge is -2.08. The van der Waals surface area contributed by atoms with Gasteiger partial charge in [-0.2, -0.15) is 22.8 Å². The van der Waals surface area contributed by atoms with Gasteiger partial charge in [-0.05, 0) is 36.8 Å². The number of nitrogens with one attached hydrogen (secondary N) is 1. The summed E-state index contributed by atoms with van der Waals surface area (Å²) in [6.07, 6.45) is -4.82. The molecule has 0 fully saturated rings. The average Bonchev–Trinajstić information content (AvgIpc) is 3.40. The van der Waals surface area contributed by atoms with Crippen LogP contribution in [0, 0.1) is 6.92 Å². The van der Waals surface area contributed by atoms with Gasteiger partial charge in [-0.1, -0.05) is 18.2 Å². The number of hydrogen-bond acceptors (Lipinski definition) is 6. The molecule has 0 radical (unpaired) electrons. The number of fused-ring (bicyclic) bond motifs is 2. The highest BCUT2D eigenvalue weighted by Crippen LogP contribution is 2.39. The van der Waals surface area contributed by atoms with Crippen molar-refractivity contribution in [3.8, 4) is 34.1 Å². The summed E-state index contributed by atoms with van der Waals surface area (Å²) < 4.78 is 58.7. The SMILES string of the molecule is COc1cccc(-c2c(C(F)(F)F)nn3c(=O)c(-c4nc5c(OC)cccc5o4)c(C)[nH]c23)c1. The number of halogens is 3. The maximum Gasteiger partial charge on any atom is 0.435 e. The maximum atomic E-state index is 14.0. The lowest BCUT2D eigenvalue weighted by molar-refractivity contribution is -0.140. The van der Waals surface area contributed by atoms with Crippen LogP contribution in [0.2, 0.25) is 0 Å². The van der Waals surface area contributed by atoms with Gasteiger partial charge in [0.05, 0.1) is 19.8 Å². The van der Waals surface area contributed by atoms with E-state index in [4.69, 9.17) is 13.9 Å². The lowest BCUT2D eigenvalue weighted by Crippen LogP contribution is -2.19. The zero-order valence-corrected chi connectivity index (χ0v) is 18.1. The second kappa shape index (κ2) is 7.65. The van der Waals surface area contributed by atoms with Gasteiger partial charge in [0.1, 0.15) is 22.7 Å². The number of aromatic amines is 1. The Kier molecular flexibility index (Phi) is 4.85. The van der Waals surface area contributed by atoms with Crippen molar-refractivity contribution in [3.63, 3.8) is 0 Å². The predicted molar refractivity (Wildman–Crippen MR) is 117 cm³/mol. The van der Waals surface area contributed by atoms with E-state index in [0.29, 0.717) is 27.1 Å². The Bertz CT molecular complexity index is 1610. The fraction of sp³-hybridized carbons (Fsp3) is 0.174. The Hall–Kier alpha value is -4.28. The van der Waals surface area contributed by atoms with Crippen molar-refractivity contribution in [1.29, 1.82) is 0 Å². The largest absolute Gasteiger partial charge is 0.497 e. The number of ether oxygens (including phenoxy) is 2. The number of H-pyrrole nitrogens is 1. The van der Waals surface area contributed by atoms with Crippen LogP contribution in [-0.2, 0) is 6.18 Å². The van der Waals surface area contributed by atoms with Crippen LogP contribution in [0.25, 0.3) is 39.3 Å². The smallest absolute Gasteiger partial charge is 0.435 e. The second-order valence-corrected chi connectivity index (χ2v) is 7.47. The van der Waals surface area contributed by atoms with Crippen LogP contribution >= 0.6 is 0 Å². The van der Waals surface area contributed by atoms with Crippen LogP contribution < -0.4 is 15.0 Å². The van der Waals surface area contributed by atoms with E-state index >= 15 is 0 Å². The molecule has 1 N–H and O–H groups in total. The minimum Gasteiger partial charge on any atom is -0.497 e. The number of oxazole rings is 1. The van der Waals surface area contributed by atoms with E-state index in [9.17, 15) is 18.0 Å². The molecule has 0 aliphatic carbocycles. The van der Waals surface area contributed by atoms with Crippen LogP contribution in [0.3, 0.4) is 0 Å². The summed E-state index contributed by atoms with van der Waals surface area (Å²) >= 11 is 0. The van der Waals surface area contributed by atoms with Crippen molar-refractivity contribution < 1.29 is 27.1 Å². The molecule has 0 atom stereocenters. The molecule has 5 rings (SSSR count). The minimum atomic E-state index is -4.82. The van der Waals surface area contributed by atoms with Crippen molar-refractivity contribution in [2.75, 3.05) is 14.2 Å². The number of methoxy groups -OCH3 is 2. The van der Waals surface area contributed by atoms with Crippen LogP contribution in [0.5, 0.6) is 11.5 Å². The number of hydrogen-bond donors (Lipinski definition) is 1. The van der Waals surface area contributed by atoms with E-state index in [1.165, 1.54) is 26.4 Å². The van der Waals surface area contributed by atoms with Gasteiger partial charge in [0, 0.05) is 5.69 Å². The molecule has 5 aromatic rings. The fourth-order valence-corrected chi connectivity index (χ4v) is 3.88. The number of alkyl halides is 3. The summed E-state index contributed by atoms with van der Waals surface area (Å²) in [6, 6.07) is 11.1. The Morgan fingerprint density at radius 1 is 1.06 bits per heavy atom. The van der Waals surface area contributed by atoms with Crippen LogP contribution in [0.4, 0.5) is 13.2 Å². The molecular weight excluding hydrogens is 453 g/mol. The molecule has 11 heteroatoms. The molecule has 0 unspecified atom stereocenters. The van der Waals surface area contributed by atoms with Gasteiger partial charge in [-0.15, -0.1) is 0 Å². The molecule has 0 bridgehead atoms. The van der Waals surface area contributed by atoms with Crippen molar-refractivity contribution in [3.05, 3.63) is 64.2 Å². The predicted octanol–water partition coefficient (Wildman–Crippen LogP) is 4.84. The molecule has 0 spiro atoms. The summed E-state index contributed by atoms with van der Waals surface area (Å²) in [4.78, 5) is 20.6. The second-order valence-electron chi connectivity index (χ2n) is 7.47. The first kappa shape index (κ1) is 21.6. The molecule has 3 aromatic heterocycles. The Labute approximate surface area is 189 Å². The zero-order chi connectivity index (χ0) is 24.2. The quantitative estimate of drug-likeness (QED) is 0.404. The van der Waals surface area contributed by atoms with E-state index in [-0.39, 0.29) is 33.9 Å². The monoisotopic (exact) mass is 470 g/mol. The summed E-state index contributed by atoms with van der Waals surface area (Å²) in [5.74, 6) is 0.731. The van der Waals surface area contributed by atoms with Gasteiger partial charge < -0.3 is 18.9 Å². The molecule has 34 heavy (non-hydrogen) atoms. The van der Waals surface area contributed by atoms with Gasteiger partial charge in [0.15, 0.2) is 16.8 Å². The van der Waals surface area contributed by atoms with Crippen LogP contribution in [0.15, 0.2) is 51.7 Å². The molecule has 0 saturated carbocycles. The number of aromatic nitrogens is 4. The summed E-state index contributed by atoms with van der Waals surface area (Å²) in [7, 11) is 2.88. The van der Waals surface area contributed by atoms with Crippen LogP contribution in [0.1, 0.15) is 11.4 Å². The van der Waals surface area contributed by atoms with Gasteiger partial charge in [-0.25, -0.2) is 4.98 Å². The van der Waals surface area contributed by atoms with Crippen molar-refractivity contribution in [2.45, 2.75) is 13.1 Å². The van der Waals surface area contributed by atoms with Crippen LogP contribution in [-0.4, -0.2) is 33.8 Å². The Morgan fingerprint density at radius 2 is 1.82 bits per heavy atom. The Balaban J connectivity index is 1.81. The number of aryl methyl sites for hydroxylation is 1. The minimum absolute atomic E-state index is 0.0424. The molecule has 0 amide bonds. The van der Waals surface area contributed by atoms with Gasteiger partial charge in [-0.3, -0.25) is 4.79 Å². The normalized spacial score (nSPS) is 11.9. The van der Waals surface area contributed by atoms with Gasteiger partial charge >= 0.3 is 6.18 Å². The van der Waals surface area contributed by atoms with E-state index in [1.54, 1.807) is 37.3 Å². The first-order valence-corrected chi connectivity index (χ1v) is 10.0. The molecule has 0 aliphatic rings. The first-order valence-electron chi connectivity index (χ1n) is 10.0. The van der Waals surface area contributed by atoms with Crippen molar-refractivity contribution in [2.24, 2.45) is 0 Å². The summed E-state index contributed by atoms with van der Waals surface area (Å²) in [5, 5.41) is 3.64. The van der Waals surface area contributed by atoms with E-state index < -0.39 is 17.4 Å². The topological polar surface area (TPSA) is 94.7 Å². The van der Waals surface area contributed by atoms with E-state index in [2.05, 4.69) is 15.1 Å². The van der Waals surface area contributed by atoms with Gasteiger partial charge in [0.2, 0.25) is 5.89 Å². The lowest BCUT2D eigenvalue weighted by atomic mass is 10.0. The molecule has 2 aromatic carbocycles. The third kappa shape index (κ3) is 3.28. The number of benzene rings is 2. The third-order valence-corrected chi connectivity index (χ3v) is 5.42. The highest BCUT2D eigenvalue weighted by Gasteiger charge is 2.39. The highest BCUT2D eigenvalue weighted by atomic mass is 19.4. The first-order chi connectivity index (χ1) is 16.2. The molecule has 0 aliphatic heterocycles. The molecule has 3 heterocycles. The molecule has 8 nitrogen and oxygen atoms in total.